The van der Waals surface area contributed by atoms with Crippen LogP contribution in [-0.2, 0) is 11.3 Å². The van der Waals surface area contributed by atoms with Crippen molar-refractivity contribution in [2.24, 2.45) is 0 Å². The summed E-state index contributed by atoms with van der Waals surface area (Å²) >= 11 is 7.53. The molecule has 0 aromatic carbocycles. The first-order chi connectivity index (χ1) is 11.3. The predicted octanol–water partition coefficient (Wildman–Crippen LogP) is 2.24. The molecule has 0 aliphatic carbocycles. The molecule has 0 bridgehead atoms. The van der Waals surface area contributed by atoms with E-state index in [1.807, 2.05) is 5.38 Å². The highest BCUT2D eigenvalue weighted by Gasteiger charge is 2.20. The summed E-state index contributed by atoms with van der Waals surface area (Å²) in [5.41, 5.74) is 1.10. The Morgan fingerprint density at radius 3 is 3.09 bits per heavy atom. The molecule has 0 spiro atoms. The first-order valence-corrected chi connectivity index (χ1v) is 8.33. The van der Waals surface area contributed by atoms with Gasteiger partial charge in [-0.3, -0.25) is 4.98 Å². The molecule has 1 aliphatic rings. The van der Waals surface area contributed by atoms with E-state index in [9.17, 15) is 0 Å². The van der Waals surface area contributed by atoms with Crippen molar-refractivity contribution in [2.45, 2.75) is 19.1 Å². The number of anilines is 1. The molecule has 23 heavy (non-hydrogen) atoms. The number of nitrogens with one attached hydrogen (secondary N) is 2. The highest BCUT2D eigenvalue weighted by atomic mass is 35.5. The van der Waals surface area contributed by atoms with Gasteiger partial charge >= 0.3 is 0 Å². The van der Waals surface area contributed by atoms with Gasteiger partial charge in [0, 0.05) is 24.6 Å². The molecule has 4 rings (SSSR count). The SMILES string of the molecule is Clc1nc(NCc2nccs2)c2nc(OCC3CCO3)[nH]c2n1. The number of aromatic amines is 1. The number of hydrogen-bond acceptors (Lipinski definition) is 8. The molecule has 1 saturated heterocycles. The number of halogens is 1. The molecule has 1 atom stereocenters. The largest absolute Gasteiger partial charge is 0.462 e. The average molecular weight is 353 g/mol. The van der Waals surface area contributed by atoms with Gasteiger partial charge in [0.05, 0.1) is 12.6 Å². The maximum Gasteiger partial charge on any atom is 0.296 e. The lowest BCUT2D eigenvalue weighted by Gasteiger charge is -2.25. The number of imidazole rings is 1. The highest BCUT2D eigenvalue weighted by molar-refractivity contribution is 7.09. The van der Waals surface area contributed by atoms with Crippen LogP contribution in [0.5, 0.6) is 6.01 Å². The van der Waals surface area contributed by atoms with Gasteiger partial charge in [0.2, 0.25) is 5.28 Å². The smallest absolute Gasteiger partial charge is 0.296 e. The van der Waals surface area contributed by atoms with Crippen LogP contribution in [0.3, 0.4) is 0 Å². The van der Waals surface area contributed by atoms with Crippen molar-refractivity contribution in [3.63, 3.8) is 0 Å². The van der Waals surface area contributed by atoms with Gasteiger partial charge in [-0.05, 0) is 11.6 Å². The first-order valence-electron chi connectivity index (χ1n) is 7.08. The van der Waals surface area contributed by atoms with E-state index >= 15 is 0 Å². The number of nitrogens with zero attached hydrogens (tertiary/aromatic N) is 4. The Morgan fingerprint density at radius 2 is 2.35 bits per heavy atom. The summed E-state index contributed by atoms with van der Waals surface area (Å²) in [6.07, 6.45) is 2.90. The molecule has 8 nitrogen and oxygen atoms in total. The Hall–Kier alpha value is -1.97. The molecule has 1 unspecified atom stereocenters. The van der Waals surface area contributed by atoms with Gasteiger partial charge in [0.15, 0.2) is 17.0 Å². The number of hydrogen-bond donors (Lipinski definition) is 2. The van der Waals surface area contributed by atoms with Crippen molar-refractivity contribution in [2.75, 3.05) is 18.5 Å². The lowest BCUT2D eigenvalue weighted by molar-refractivity contribution is -0.0732. The minimum atomic E-state index is 0.136. The molecule has 10 heteroatoms. The number of aromatic nitrogens is 5. The summed E-state index contributed by atoms with van der Waals surface area (Å²) in [7, 11) is 0. The van der Waals surface area contributed by atoms with Crippen molar-refractivity contribution >= 4 is 39.9 Å². The second kappa shape index (κ2) is 6.26. The van der Waals surface area contributed by atoms with Crippen LogP contribution >= 0.6 is 22.9 Å². The van der Waals surface area contributed by atoms with Crippen LogP contribution in [0.2, 0.25) is 5.28 Å². The van der Waals surface area contributed by atoms with Gasteiger partial charge in [-0.1, -0.05) is 0 Å². The number of ether oxygens (including phenoxy) is 2. The highest BCUT2D eigenvalue weighted by Crippen LogP contribution is 2.24. The van der Waals surface area contributed by atoms with Gasteiger partial charge in [0.25, 0.3) is 6.01 Å². The van der Waals surface area contributed by atoms with E-state index in [4.69, 9.17) is 21.1 Å². The molecule has 3 aromatic rings. The predicted molar refractivity (Wildman–Crippen MR) is 86.0 cm³/mol. The monoisotopic (exact) mass is 352 g/mol. The third-order valence-corrected chi connectivity index (χ3v) is 4.33. The Morgan fingerprint density at radius 1 is 1.43 bits per heavy atom. The quantitative estimate of drug-likeness (QED) is 0.656. The third-order valence-electron chi connectivity index (χ3n) is 3.39. The number of H-pyrrole nitrogens is 1. The van der Waals surface area contributed by atoms with E-state index in [2.05, 4.69) is 30.2 Å². The maximum absolute atomic E-state index is 5.97. The van der Waals surface area contributed by atoms with Crippen molar-refractivity contribution in [3.05, 3.63) is 21.9 Å². The van der Waals surface area contributed by atoms with E-state index in [0.29, 0.717) is 36.1 Å². The molecular formula is C13H13ClN6O2S. The topological polar surface area (TPSA) is 97.8 Å². The summed E-state index contributed by atoms with van der Waals surface area (Å²) in [6, 6.07) is 0.379. The number of fused-ring (bicyclic) bond motifs is 1. The zero-order valence-electron chi connectivity index (χ0n) is 12.0. The van der Waals surface area contributed by atoms with Crippen LogP contribution in [0, 0.1) is 0 Å². The minimum Gasteiger partial charge on any atom is -0.462 e. The van der Waals surface area contributed by atoms with Crippen LogP contribution < -0.4 is 10.1 Å². The van der Waals surface area contributed by atoms with Gasteiger partial charge < -0.3 is 14.8 Å². The normalized spacial score (nSPS) is 17.2. The average Bonchev–Trinajstić information content (AvgIpc) is 3.11. The summed E-state index contributed by atoms with van der Waals surface area (Å²) < 4.78 is 10.9. The van der Waals surface area contributed by atoms with Gasteiger partial charge in [-0.2, -0.15) is 15.0 Å². The van der Waals surface area contributed by atoms with Gasteiger partial charge in [-0.15, -0.1) is 11.3 Å². The fourth-order valence-corrected chi connectivity index (χ4v) is 2.86. The van der Waals surface area contributed by atoms with Crippen LogP contribution in [-0.4, -0.2) is 44.2 Å². The van der Waals surface area contributed by atoms with Crippen molar-refractivity contribution < 1.29 is 9.47 Å². The molecule has 1 fully saturated rings. The Labute approximate surface area is 140 Å². The summed E-state index contributed by atoms with van der Waals surface area (Å²) in [6.45, 7) is 1.79. The molecular weight excluding hydrogens is 340 g/mol. The van der Waals surface area contributed by atoms with E-state index in [-0.39, 0.29) is 11.4 Å². The van der Waals surface area contributed by atoms with Gasteiger partial charge in [0.1, 0.15) is 11.6 Å². The molecule has 3 aromatic heterocycles. The molecule has 120 valence electrons. The minimum absolute atomic E-state index is 0.136. The molecule has 2 N–H and O–H groups in total. The second-order valence-corrected chi connectivity index (χ2v) is 6.27. The lowest BCUT2D eigenvalue weighted by Crippen LogP contribution is -2.32. The number of thiazole rings is 1. The number of rotatable bonds is 6. The maximum atomic E-state index is 5.97. The molecule has 0 amide bonds. The van der Waals surface area contributed by atoms with Crippen molar-refractivity contribution in [1.29, 1.82) is 0 Å². The zero-order valence-corrected chi connectivity index (χ0v) is 13.5. The lowest BCUT2D eigenvalue weighted by atomic mass is 10.2. The molecule has 0 saturated carbocycles. The summed E-state index contributed by atoms with van der Waals surface area (Å²) in [5.74, 6) is 0.543. The van der Waals surface area contributed by atoms with Crippen LogP contribution in [0.25, 0.3) is 11.2 Å². The van der Waals surface area contributed by atoms with E-state index in [0.717, 1.165) is 18.0 Å². The Bertz CT molecular complexity index is 804. The summed E-state index contributed by atoms with van der Waals surface area (Å²) in [4.78, 5) is 19.9. The molecule has 0 radical (unpaired) electrons. The van der Waals surface area contributed by atoms with Crippen LogP contribution in [0.1, 0.15) is 11.4 Å². The van der Waals surface area contributed by atoms with Crippen molar-refractivity contribution in [3.8, 4) is 6.01 Å². The van der Waals surface area contributed by atoms with E-state index in [1.54, 1.807) is 17.5 Å². The van der Waals surface area contributed by atoms with E-state index < -0.39 is 0 Å². The Balaban J connectivity index is 1.54. The van der Waals surface area contributed by atoms with Gasteiger partial charge in [-0.25, -0.2) is 4.98 Å². The Kier molecular flexibility index (Phi) is 3.98. The van der Waals surface area contributed by atoms with E-state index in [1.165, 1.54) is 0 Å². The third kappa shape index (κ3) is 3.21. The zero-order chi connectivity index (χ0) is 15.6. The summed E-state index contributed by atoms with van der Waals surface area (Å²) in [5, 5.41) is 6.18. The van der Waals surface area contributed by atoms with Crippen LogP contribution in [0.4, 0.5) is 5.82 Å². The standard InChI is InChI=1S/C13H13ClN6O2S/c14-12-18-10(16-5-8-15-2-4-23-8)9-11(19-12)20-13(17-9)22-6-7-1-3-21-7/h2,4,7H,1,3,5-6H2,(H2,16,17,18,19,20). The fourth-order valence-electron chi connectivity index (χ4n) is 2.13. The first kappa shape index (κ1) is 14.6. The van der Waals surface area contributed by atoms with Crippen LogP contribution in [0.15, 0.2) is 11.6 Å². The second-order valence-electron chi connectivity index (χ2n) is 4.95. The van der Waals surface area contributed by atoms with Crippen molar-refractivity contribution in [1.82, 2.24) is 24.9 Å². The molecule has 1 aliphatic heterocycles. The molecule has 4 heterocycles. The fraction of sp³-hybridized carbons (Fsp3) is 0.385.